The van der Waals surface area contributed by atoms with Gasteiger partial charge in [0, 0.05) is 24.6 Å². The predicted octanol–water partition coefficient (Wildman–Crippen LogP) is 3.00. The molecule has 3 rings (SSSR count). The minimum absolute atomic E-state index is 0. The summed E-state index contributed by atoms with van der Waals surface area (Å²) in [5.74, 6) is 0.110. The van der Waals surface area contributed by atoms with Crippen LogP contribution in [0.15, 0.2) is 48.5 Å². The first kappa shape index (κ1) is 19.1. The number of aromatic amines is 1. The number of amides is 1. The van der Waals surface area contributed by atoms with Crippen LogP contribution in [0.5, 0.6) is 0 Å². The third kappa shape index (κ3) is 4.44. The molecule has 1 heterocycles. The molecule has 1 aromatic heterocycles. The molecule has 0 radical (unpaired) electrons. The normalized spacial score (nSPS) is 10.7. The lowest BCUT2D eigenvalue weighted by Crippen LogP contribution is -2.14. The number of fused-ring (bicyclic) bond motifs is 1. The first-order chi connectivity index (χ1) is 12.0. The fourth-order valence-electron chi connectivity index (χ4n) is 2.40. The van der Waals surface area contributed by atoms with Gasteiger partial charge in [0.25, 0.3) is 11.6 Å². The van der Waals surface area contributed by atoms with Crippen LogP contribution < -0.4 is 5.48 Å². The van der Waals surface area contributed by atoms with Gasteiger partial charge in [-0.2, -0.15) is 0 Å². The molecule has 8 nitrogen and oxygen atoms in total. The van der Waals surface area contributed by atoms with E-state index >= 15 is 0 Å². The number of nitrogens with zero attached hydrogens (tertiary/aromatic N) is 2. The van der Waals surface area contributed by atoms with Crippen molar-refractivity contribution in [3.05, 3.63) is 75.6 Å². The maximum atomic E-state index is 10.9. The van der Waals surface area contributed by atoms with Crippen LogP contribution in [0.25, 0.3) is 17.1 Å². The lowest BCUT2D eigenvalue weighted by molar-refractivity contribution is -0.384. The largest absolute Gasteiger partial charge is 0.341 e. The molecule has 2 aromatic carbocycles. The number of carbonyl (C=O) groups is 1. The number of imidazole rings is 1. The van der Waals surface area contributed by atoms with Gasteiger partial charge in [-0.25, -0.2) is 10.5 Å². The molecular weight excluding hydrogens is 360 g/mol. The van der Waals surface area contributed by atoms with Gasteiger partial charge in [-0.05, 0) is 23.3 Å². The Morgan fingerprint density at radius 1 is 1.27 bits per heavy atom. The summed E-state index contributed by atoms with van der Waals surface area (Å²) in [6.45, 7) is 0. The van der Waals surface area contributed by atoms with E-state index in [-0.39, 0.29) is 18.1 Å². The van der Waals surface area contributed by atoms with Crippen molar-refractivity contribution in [3.63, 3.8) is 0 Å². The minimum Gasteiger partial charge on any atom is -0.341 e. The van der Waals surface area contributed by atoms with Crippen LogP contribution in [0.4, 0.5) is 5.69 Å². The minimum atomic E-state index is -0.597. The highest BCUT2D eigenvalue weighted by Gasteiger charge is 2.10. The Morgan fingerprint density at radius 2 is 2.00 bits per heavy atom. The van der Waals surface area contributed by atoms with Crippen LogP contribution >= 0.6 is 12.4 Å². The summed E-state index contributed by atoms with van der Waals surface area (Å²) in [4.78, 5) is 28.8. The number of non-ortho nitro benzene ring substituents is 1. The summed E-state index contributed by atoms with van der Waals surface area (Å²) < 4.78 is 0. The highest BCUT2D eigenvalue weighted by molar-refractivity contribution is 5.90. The number of halogens is 1. The van der Waals surface area contributed by atoms with Crippen molar-refractivity contribution >= 4 is 41.1 Å². The maximum Gasteiger partial charge on any atom is 0.271 e. The second kappa shape index (κ2) is 8.24. The zero-order valence-electron chi connectivity index (χ0n) is 13.4. The monoisotopic (exact) mass is 374 g/mol. The molecule has 1 amide bonds. The number of carbonyl (C=O) groups excluding carboxylic acids is 1. The summed E-state index contributed by atoms with van der Waals surface area (Å²) in [6, 6.07) is 12.0. The molecule has 3 N–H and O–H groups in total. The molecule has 0 atom stereocenters. The van der Waals surface area contributed by atoms with Crippen molar-refractivity contribution in [2.45, 2.75) is 6.42 Å². The predicted molar refractivity (Wildman–Crippen MR) is 98.2 cm³/mol. The molecular formula is C17H15ClN4O4. The van der Waals surface area contributed by atoms with E-state index in [0.717, 1.165) is 11.1 Å². The summed E-state index contributed by atoms with van der Waals surface area (Å²) in [5, 5.41) is 19.2. The van der Waals surface area contributed by atoms with Gasteiger partial charge in [0.2, 0.25) is 0 Å². The summed E-state index contributed by atoms with van der Waals surface area (Å²) >= 11 is 0. The Labute approximate surface area is 154 Å². The molecule has 0 aliphatic rings. The molecule has 3 aromatic rings. The Bertz CT molecular complexity index is 967. The van der Waals surface area contributed by atoms with E-state index in [1.807, 2.05) is 24.3 Å². The highest BCUT2D eigenvalue weighted by atomic mass is 35.5. The van der Waals surface area contributed by atoms with Gasteiger partial charge in [-0.15, -0.1) is 12.4 Å². The molecule has 0 bridgehead atoms. The van der Waals surface area contributed by atoms with Crippen LogP contribution in [0, 0.1) is 10.1 Å². The van der Waals surface area contributed by atoms with Gasteiger partial charge in [-0.1, -0.05) is 24.3 Å². The Kier molecular flexibility index (Phi) is 6.05. The van der Waals surface area contributed by atoms with Gasteiger partial charge in [0.15, 0.2) is 0 Å². The number of hydrogen-bond donors (Lipinski definition) is 3. The number of H-pyrrole nitrogens is 1. The highest BCUT2D eigenvalue weighted by Crippen LogP contribution is 2.20. The number of hydrogen-bond acceptors (Lipinski definition) is 5. The molecule has 9 heteroatoms. The van der Waals surface area contributed by atoms with E-state index in [1.54, 1.807) is 12.1 Å². The lowest BCUT2D eigenvalue weighted by Gasteiger charge is -1.99. The van der Waals surface area contributed by atoms with Gasteiger partial charge in [0.05, 0.1) is 16.0 Å². The first-order valence-electron chi connectivity index (χ1n) is 7.39. The fraction of sp³-hybridized carbons (Fsp3) is 0.0588. The van der Waals surface area contributed by atoms with Crippen LogP contribution in [0.1, 0.15) is 17.0 Å². The summed E-state index contributed by atoms with van der Waals surface area (Å²) in [6.07, 6.45) is 3.35. The number of rotatable bonds is 5. The van der Waals surface area contributed by atoms with E-state index in [9.17, 15) is 14.9 Å². The summed E-state index contributed by atoms with van der Waals surface area (Å²) in [5.41, 5.74) is 4.65. The van der Waals surface area contributed by atoms with Gasteiger partial charge < -0.3 is 4.98 Å². The maximum absolute atomic E-state index is 10.9. The third-order valence-corrected chi connectivity index (χ3v) is 3.61. The average molecular weight is 375 g/mol. The van der Waals surface area contributed by atoms with Crippen molar-refractivity contribution in [1.82, 2.24) is 15.4 Å². The number of hydroxylamine groups is 1. The van der Waals surface area contributed by atoms with Crippen LogP contribution in [0.3, 0.4) is 0 Å². The SMILES string of the molecule is Cl.O=C(/C=C/c1ccc(Cc2nc3ccc([N+](=O)[O-])cc3[nH]2)cc1)NO. The van der Waals surface area contributed by atoms with Crippen LogP contribution in [-0.4, -0.2) is 26.0 Å². The summed E-state index contributed by atoms with van der Waals surface area (Å²) in [7, 11) is 0. The molecule has 26 heavy (non-hydrogen) atoms. The molecule has 0 fully saturated rings. The Hall–Kier alpha value is -3.23. The number of nitro benzene ring substituents is 1. The molecule has 0 saturated carbocycles. The standard InChI is InChI=1S/C17H14N4O4.ClH/c22-17(20-23)8-5-11-1-3-12(4-2-11)9-16-18-14-7-6-13(21(24)25)10-15(14)19-16;/h1-8,10,23H,9H2,(H,18,19)(H,20,22);1H/b8-5+;. The zero-order valence-corrected chi connectivity index (χ0v) is 14.2. The van der Waals surface area contributed by atoms with Gasteiger partial charge >= 0.3 is 0 Å². The first-order valence-corrected chi connectivity index (χ1v) is 7.39. The van der Waals surface area contributed by atoms with Crippen molar-refractivity contribution in [2.75, 3.05) is 0 Å². The van der Waals surface area contributed by atoms with Crippen molar-refractivity contribution in [3.8, 4) is 0 Å². The number of aromatic nitrogens is 2. The topological polar surface area (TPSA) is 121 Å². The number of nitro groups is 1. The Morgan fingerprint density at radius 3 is 2.65 bits per heavy atom. The van der Waals surface area contributed by atoms with E-state index in [1.165, 1.54) is 23.7 Å². The zero-order chi connectivity index (χ0) is 17.8. The molecule has 0 aliphatic heterocycles. The molecule has 0 spiro atoms. The van der Waals surface area contributed by atoms with E-state index in [4.69, 9.17) is 5.21 Å². The average Bonchev–Trinajstić information content (AvgIpc) is 3.02. The number of benzene rings is 2. The van der Waals surface area contributed by atoms with E-state index in [0.29, 0.717) is 23.3 Å². The van der Waals surface area contributed by atoms with Crippen LogP contribution in [-0.2, 0) is 11.2 Å². The Balaban J connectivity index is 0.00000243. The molecule has 134 valence electrons. The van der Waals surface area contributed by atoms with Crippen molar-refractivity contribution < 1.29 is 14.9 Å². The van der Waals surface area contributed by atoms with Crippen LogP contribution in [0.2, 0.25) is 0 Å². The third-order valence-electron chi connectivity index (χ3n) is 3.61. The second-order valence-corrected chi connectivity index (χ2v) is 5.37. The van der Waals surface area contributed by atoms with Crippen molar-refractivity contribution in [1.29, 1.82) is 0 Å². The molecule has 0 aliphatic carbocycles. The molecule has 0 saturated heterocycles. The van der Waals surface area contributed by atoms with Crippen molar-refractivity contribution in [2.24, 2.45) is 0 Å². The second-order valence-electron chi connectivity index (χ2n) is 5.37. The van der Waals surface area contributed by atoms with E-state index in [2.05, 4.69) is 9.97 Å². The van der Waals surface area contributed by atoms with E-state index < -0.39 is 10.8 Å². The van der Waals surface area contributed by atoms with Gasteiger partial charge in [-0.3, -0.25) is 20.1 Å². The van der Waals surface area contributed by atoms with Gasteiger partial charge in [0.1, 0.15) is 5.82 Å². The number of nitrogens with one attached hydrogen (secondary N) is 2. The fourth-order valence-corrected chi connectivity index (χ4v) is 2.40. The molecule has 0 unspecified atom stereocenters. The quantitative estimate of drug-likeness (QED) is 0.274. The lowest BCUT2D eigenvalue weighted by atomic mass is 10.1. The smallest absolute Gasteiger partial charge is 0.271 e.